The Morgan fingerprint density at radius 1 is 1.41 bits per heavy atom. The molecule has 1 saturated heterocycles. The molecule has 0 N–H and O–H groups in total. The van der Waals surface area contributed by atoms with Gasteiger partial charge in [0.25, 0.3) is 5.91 Å². The normalized spacial score (nSPS) is 17.2. The number of carbonyl (C=O) groups excluding carboxylic acids is 1. The van der Waals surface area contributed by atoms with Gasteiger partial charge in [-0.2, -0.15) is 0 Å². The van der Waals surface area contributed by atoms with Gasteiger partial charge in [0.15, 0.2) is 0 Å². The predicted molar refractivity (Wildman–Crippen MR) is 69.3 cm³/mol. The summed E-state index contributed by atoms with van der Waals surface area (Å²) in [6.07, 6.45) is 1.87. The van der Waals surface area contributed by atoms with Crippen molar-refractivity contribution in [2.75, 3.05) is 13.1 Å². The molecular formula is C12H12BrClFNO. The molecule has 1 aromatic carbocycles. The first-order valence-electron chi connectivity index (χ1n) is 5.46. The Morgan fingerprint density at radius 2 is 2.06 bits per heavy atom. The molecule has 0 aromatic heterocycles. The second kappa shape index (κ2) is 5.36. The van der Waals surface area contributed by atoms with Gasteiger partial charge in [-0.3, -0.25) is 4.79 Å². The molecule has 0 radical (unpaired) electrons. The van der Waals surface area contributed by atoms with Gasteiger partial charge in [0.2, 0.25) is 0 Å². The molecule has 92 valence electrons. The van der Waals surface area contributed by atoms with Crippen LogP contribution < -0.4 is 0 Å². The van der Waals surface area contributed by atoms with E-state index in [9.17, 15) is 9.18 Å². The Balaban J connectivity index is 2.14. The highest BCUT2D eigenvalue weighted by Crippen LogP contribution is 2.23. The maximum atomic E-state index is 12.9. The maximum absolute atomic E-state index is 12.9. The third kappa shape index (κ3) is 2.99. The SMILES string of the molecule is O=C(c1ccc(F)cc1Cl)N1CCC(Br)CC1. The number of alkyl halides is 1. The van der Waals surface area contributed by atoms with Crippen LogP contribution in [0, 0.1) is 5.82 Å². The van der Waals surface area contributed by atoms with Crippen molar-refractivity contribution < 1.29 is 9.18 Å². The third-order valence-corrected chi connectivity index (χ3v) is 4.10. The van der Waals surface area contributed by atoms with E-state index in [1.807, 2.05) is 0 Å². The Bertz CT molecular complexity index is 433. The van der Waals surface area contributed by atoms with Gasteiger partial charge in [-0.05, 0) is 31.0 Å². The summed E-state index contributed by atoms with van der Waals surface area (Å²) >= 11 is 9.41. The molecule has 0 saturated carbocycles. The summed E-state index contributed by atoms with van der Waals surface area (Å²) in [6.45, 7) is 1.42. The summed E-state index contributed by atoms with van der Waals surface area (Å²) in [7, 11) is 0. The quantitative estimate of drug-likeness (QED) is 0.726. The molecule has 0 bridgehead atoms. The van der Waals surface area contributed by atoms with Crippen molar-refractivity contribution in [1.29, 1.82) is 0 Å². The molecule has 1 aliphatic rings. The van der Waals surface area contributed by atoms with Gasteiger partial charge in [0.05, 0.1) is 10.6 Å². The van der Waals surface area contributed by atoms with E-state index >= 15 is 0 Å². The molecule has 1 fully saturated rings. The molecule has 0 unspecified atom stereocenters. The predicted octanol–water partition coefficient (Wildman–Crippen LogP) is 3.48. The first-order valence-corrected chi connectivity index (χ1v) is 6.75. The van der Waals surface area contributed by atoms with Crippen LogP contribution in [0.15, 0.2) is 18.2 Å². The van der Waals surface area contributed by atoms with Crippen LogP contribution in [0.1, 0.15) is 23.2 Å². The number of carbonyl (C=O) groups is 1. The van der Waals surface area contributed by atoms with Crippen molar-refractivity contribution in [1.82, 2.24) is 4.90 Å². The van der Waals surface area contributed by atoms with Gasteiger partial charge < -0.3 is 4.90 Å². The number of nitrogens with zero attached hydrogens (tertiary/aromatic N) is 1. The van der Waals surface area contributed by atoms with Crippen LogP contribution in [-0.4, -0.2) is 28.7 Å². The van der Waals surface area contributed by atoms with Crippen LogP contribution in [0.5, 0.6) is 0 Å². The zero-order valence-electron chi connectivity index (χ0n) is 9.13. The average molecular weight is 321 g/mol. The molecule has 2 rings (SSSR count). The maximum Gasteiger partial charge on any atom is 0.255 e. The van der Waals surface area contributed by atoms with Crippen molar-refractivity contribution in [3.8, 4) is 0 Å². The Kier molecular flexibility index (Phi) is 4.05. The highest BCUT2D eigenvalue weighted by atomic mass is 79.9. The van der Waals surface area contributed by atoms with Crippen molar-refractivity contribution in [2.24, 2.45) is 0 Å². The lowest BCUT2D eigenvalue weighted by Gasteiger charge is -2.29. The Hall–Kier alpha value is -0.610. The van der Waals surface area contributed by atoms with Crippen LogP contribution >= 0.6 is 27.5 Å². The molecule has 17 heavy (non-hydrogen) atoms. The second-order valence-corrected chi connectivity index (χ2v) is 5.79. The fourth-order valence-corrected chi connectivity index (χ4v) is 2.54. The monoisotopic (exact) mass is 319 g/mol. The second-order valence-electron chi connectivity index (χ2n) is 4.09. The highest BCUT2D eigenvalue weighted by Gasteiger charge is 2.23. The molecule has 5 heteroatoms. The molecule has 0 aliphatic carbocycles. The summed E-state index contributed by atoms with van der Waals surface area (Å²) in [5, 5.41) is 0.177. The topological polar surface area (TPSA) is 20.3 Å². The van der Waals surface area contributed by atoms with Crippen LogP contribution in [0.2, 0.25) is 5.02 Å². The van der Waals surface area contributed by atoms with Crippen molar-refractivity contribution in [3.63, 3.8) is 0 Å². The van der Waals surface area contributed by atoms with E-state index in [4.69, 9.17) is 11.6 Å². The number of hydrogen-bond donors (Lipinski definition) is 0. The lowest BCUT2D eigenvalue weighted by atomic mass is 10.1. The van der Waals surface area contributed by atoms with Gasteiger partial charge in [0, 0.05) is 17.9 Å². The molecular weight excluding hydrogens is 308 g/mol. The van der Waals surface area contributed by atoms with E-state index in [1.165, 1.54) is 18.2 Å². The zero-order valence-corrected chi connectivity index (χ0v) is 11.5. The van der Waals surface area contributed by atoms with Gasteiger partial charge in [0.1, 0.15) is 5.82 Å². The number of halogens is 3. The lowest BCUT2D eigenvalue weighted by molar-refractivity contribution is 0.0728. The van der Waals surface area contributed by atoms with E-state index in [-0.39, 0.29) is 10.9 Å². The minimum absolute atomic E-state index is 0.116. The highest BCUT2D eigenvalue weighted by molar-refractivity contribution is 9.09. The van der Waals surface area contributed by atoms with Crippen molar-refractivity contribution in [2.45, 2.75) is 17.7 Å². The first-order chi connectivity index (χ1) is 8.08. The zero-order chi connectivity index (χ0) is 12.4. The third-order valence-electron chi connectivity index (χ3n) is 2.87. The largest absolute Gasteiger partial charge is 0.339 e. The van der Waals surface area contributed by atoms with Crippen LogP contribution in [0.25, 0.3) is 0 Å². The molecule has 1 aromatic rings. The van der Waals surface area contributed by atoms with E-state index in [1.54, 1.807) is 4.90 Å². The van der Waals surface area contributed by atoms with Gasteiger partial charge >= 0.3 is 0 Å². The molecule has 0 spiro atoms. The molecule has 0 atom stereocenters. The Morgan fingerprint density at radius 3 is 2.65 bits per heavy atom. The summed E-state index contributed by atoms with van der Waals surface area (Å²) in [4.78, 5) is 14.4. The summed E-state index contributed by atoms with van der Waals surface area (Å²) < 4.78 is 12.9. The minimum atomic E-state index is -0.425. The number of piperidine rings is 1. The van der Waals surface area contributed by atoms with Crippen molar-refractivity contribution in [3.05, 3.63) is 34.6 Å². The van der Waals surface area contributed by atoms with Gasteiger partial charge in [-0.25, -0.2) is 4.39 Å². The number of benzene rings is 1. The molecule has 1 amide bonds. The standard InChI is InChI=1S/C12H12BrClFNO/c13-8-3-5-16(6-4-8)12(17)10-2-1-9(15)7-11(10)14/h1-2,7-8H,3-6H2. The fourth-order valence-electron chi connectivity index (χ4n) is 1.88. The van der Waals surface area contributed by atoms with Gasteiger partial charge in [-0.15, -0.1) is 0 Å². The first kappa shape index (κ1) is 12.8. The summed E-state index contributed by atoms with van der Waals surface area (Å²) in [5.74, 6) is -0.542. The van der Waals surface area contributed by atoms with Crippen LogP contribution in [-0.2, 0) is 0 Å². The minimum Gasteiger partial charge on any atom is -0.339 e. The molecule has 1 heterocycles. The number of hydrogen-bond acceptors (Lipinski definition) is 1. The van der Waals surface area contributed by atoms with Gasteiger partial charge in [-0.1, -0.05) is 27.5 Å². The van der Waals surface area contributed by atoms with E-state index in [0.717, 1.165) is 12.8 Å². The number of rotatable bonds is 1. The van der Waals surface area contributed by atoms with Crippen molar-refractivity contribution >= 4 is 33.4 Å². The number of amides is 1. The lowest BCUT2D eigenvalue weighted by Crippen LogP contribution is -2.38. The molecule has 2 nitrogen and oxygen atoms in total. The fraction of sp³-hybridized carbons (Fsp3) is 0.417. The number of likely N-dealkylation sites (tertiary alicyclic amines) is 1. The van der Waals surface area contributed by atoms with Crippen LogP contribution in [0.3, 0.4) is 0 Å². The average Bonchev–Trinajstić information content (AvgIpc) is 2.29. The Labute approximate surface area is 113 Å². The van der Waals surface area contributed by atoms with Crippen LogP contribution in [0.4, 0.5) is 4.39 Å². The summed E-state index contributed by atoms with van der Waals surface area (Å²) in [5.41, 5.74) is 0.376. The smallest absolute Gasteiger partial charge is 0.255 e. The van der Waals surface area contributed by atoms with E-state index in [0.29, 0.717) is 23.5 Å². The summed E-state index contributed by atoms with van der Waals surface area (Å²) in [6, 6.07) is 3.88. The van der Waals surface area contributed by atoms with E-state index < -0.39 is 5.82 Å². The molecule has 1 aliphatic heterocycles. The van der Waals surface area contributed by atoms with E-state index in [2.05, 4.69) is 15.9 Å².